The third-order valence-corrected chi connectivity index (χ3v) is 4.41. The number of aromatic nitrogens is 1. The molecule has 0 radical (unpaired) electrons. The van der Waals surface area contributed by atoms with Crippen LogP contribution >= 0.6 is 22.9 Å². The van der Waals surface area contributed by atoms with Gasteiger partial charge in [0.15, 0.2) is 0 Å². The number of halogens is 1. The summed E-state index contributed by atoms with van der Waals surface area (Å²) in [5, 5.41) is 11.6. The Morgan fingerprint density at radius 2 is 2.26 bits per heavy atom. The first-order chi connectivity index (χ1) is 9.15. The number of hydrogen-bond donors (Lipinski definition) is 1. The number of nitrogens with zero attached hydrogens (tertiary/aromatic N) is 2. The lowest BCUT2D eigenvalue weighted by Crippen LogP contribution is -2.31. The molecule has 0 fully saturated rings. The average molecular weight is 295 g/mol. The van der Waals surface area contributed by atoms with Crippen molar-refractivity contribution in [2.75, 3.05) is 11.4 Å². The fourth-order valence-electron chi connectivity index (χ4n) is 2.26. The molecule has 1 aliphatic rings. The molecule has 0 spiro atoms. The molecular formula is C13H11ClN2O2S. The molecule has 1 N–H and O–H groups in total. The number of carbonyl (C=O) groups is 1. The van der Waals surface area contributed by atoms with Crippen LogP contribution in [0.1, 0.15) is 20.8 Å². The number of pyridine rings is 1. The van der Waals surface area contributed by atoms with Crippen molar-refractivity contribution in [2.45, 2.75) is 13.0 Å². The molecule has 1 aliphatic heterocycles. The topological polar surface area (TPSA) is 53.4 Å². The van der Waals surface area contributed by atoms with Crippen LogP contribution in [0, 0.1) is 0 Å². The number of rotatable bonds is 2. The number of fused-ring (bicyclic) bond motifs is 1. The van der Waals surface area contributed by atoms with Crippen molar-refractivity contribution in [1.29, 1.82) is 0 Å². The van der Waals surface area contributed by atoms with E-state index >= 15 is 0 Å². The molecule has 2 aromatic heterocycles. The van der Waals surface area contributed by atoms with Gasteiger partial charge in [0, 0.05) is 18.0 Å². The normalized spacial score (nSPS) is 14.3. The molecule has 19 heavy (non-hydrogen) atoms. The molecule has 0 aromatic carbocycles. The first-order valence-electron chi connectivity index (χ1n) is 5.85. The zero-order valence-electron chi connectivity index (χ0n) is 9.97. The zero-order valence-corrected chi connectivity index (χ0v) is 11.5. The average Bonchev–Trinajstić information content (AvgIpc) is 2.85. The van der Waals surface area contributed by atoms with Gasteiger partial charge in [0.1, 0.15) is 16.5 Å². The highest BCUT2D eigenvalue weighted by atomic mass is 35.5. The Hall–Kier alpha value is -1.59. The van der Waals surface area contributed by atoms with E-state index in [2.05, 4.69) is 16.4 Å². The van der Waals surface area contributed by atoms with Gasteiger partial charge in [0.2, 0.25) is 0 Å². The molecule has 0 atom stereocenters. The molecule has 0 saturated carbocycles. The predicted octanol–water partition coefficient (Wildman–Crippen LogP) is 3.06. The van der Waals surface area contributed by atoms with Gasteiger partial charge in [-0.25, -0.2) is 9.78 Å². The van der Waals surface area contributed by atoms with E-state index in [0.717, 1.165) is 13.0 Å². The van der Waals surface area contributed by atoms with Crippen LogP contribution in [-0.2, 0) is 13.0 Å². The van der Waals surface area contributed by atoms with Gasteiger partial charge in [0.25, 0.3) is 0 Å². The summed E-state index contributed by atoms with van der Waals surface area (Å²) in [6.45, 7) is 1.45. The number of anilines is 1. The highest BCUT2D eigenvalue weighted by Crippen LogP contribution is 2.29. The van der Waals surface area contributed by atoms with Gasteiger partial charge in [-0.05, 0) is 35.6 Å². The summed E-state index contributed by atoms with van der Waals surface area (Å²) < 4.78 is 0. The lowest BCUT2D eigenvalue weighted by atomic mass is 10.1. The van der Waals surface area contributed by atoms with Crippen molar-refractivity contribution in [3.8, 4) is 0 Å². The second-order valence-electron chi connectivity index (χ2n) is 4.35. The number of hydrogen-bond acceptors (Lipinski definition) is 4. The first kappa shape index (κ1) is 12.4. The predicted molar refractivity (Wildman–Crippen MR) is 75.3 cm³/mol. The summed E-state index contributed by atoms with van der Waals surface area (Å²) in [5.74, 6) is -0.521. The van der Waals surface area contributed by atoms with Crippen LogP contribution in [0.2, 0.25) is 5.15 Å². The standard InChI is InChI=1S/C13H11ClN2O2S/c14-11-2-1-9(13(17)18)12(15-11)16-5-3-10-8(7-16)4-6-19-10/h1-2,4,6H,3,5,7H2,(H,17,18). The Morgan fingerprint density at radius 3 is 3.05 bits per heavy atom. The van der Waals surface area contributed by atoms with Gasteiger partial charge in [-0.15, -0.1) is 11.3 Å². The summed E-state index contributed by atoms with van der Waals surface area (Å²) in [4.78, 5) is 18.8. The van der Waals surface area contributed by atoms with Gasteiger partial charge in [0.05, 0.1) is 0 Å². The number of carboxylic acid groups (broad SMARTS) is 1. The van der Waals surface area contributed by atoms with E-state index in [1.807, 2.05) is 4.90 Å². The maximum Gasteiger partial charge on any atom is 0.339 e. The first-order valence-corrected chi connectivity index (χ1v) is 7.11. The highest BCUT2D eigenvalue weighted by Gasteiger charge is 2.23. The van der Waals surface area contributed by atoms with Crippen molar-refractivity contribution in [1.82, 2.24) is 4.98 Å². The lowest BCUT2D eigenvalue weighted by molar-refractivity contribution is 0.0697. The number of aromatic carboxylic acids is 1. The number of carboxylic acids is 1. The molecule has 6 heteroatoms. The van der Waals surface area contributed by atoms with Crippen LogP contribution in [0.25, 0.3) is 0 Å². The van der Waals surface area contributed by atoms with E-state index in [1.54, 1.807) is 11.3 Å². The Bertz CT molecular complexity index is 641. The van der Waals surface area contributed by atoms with E-state index in [-0.39, 0.29) is 5.56 Å². The third-order valence-electron chi connectivity index (χ3n) is 3.18. The van der Waals surface area contributed by atoms with Crippen LogP contribution in [0.4, 0.5) is 5.82 Å². The van der Waals surface area contributed by atoms with Crippen LogP contribution in [0.5, 0.6) is 0 Å². The van der Waals surface area contributed by atoms with E-state index in [4.69, 9.17) is 11.6 Å². The van der Waals surface area contributed by atoms with Gasteiger partial charge < -0.3 is 10.0 Å². The summed E-state index contributed by atoms with van der Waals surface area (Å²) in [7, 11) is 0. The lowest BCUT2D eigenvalue weighted by Gasteiger charge is -2.29. The molecule has 2 aromatic rings. The summed E-state index contributed by atoms with van der Waals surface area (Å²) in [6.07, 6.45) is 0.917. The minimum Gasteiger partial charge on any atom is -0.478 e. The molecule has 0 aliphatic carbocycles. The van der Waals surface area contributed by atoms with Crippen molar-refractivity contribution >= 4 is 34.7 Å². The second kappa shape index (κ2) is 4.83. The van der Waals surface area contributed by atoms with Crippen LogP contribution in [0.3, 0.4) is 0 Å². The maximum absolute atomic E-state index is 11.3. The molecule has 98 valence electrons. The van der Waals surface area contributed by atoms with E-state index in [1.165, 1.54) is 22.6 Å². The Labute approximate surface area is 119 Å². The zero-order chi connectivity index (χ0) is 13.4. The van der Waals surface area contributed by atoms with Crippen LogP contribution in [0.15, 0.2) is 23.6 Å². The minimum absolute atomic E-state index is 0.197. The molecule has 0 saturated heterocycles. The molecular weight excluding hydrogens is 284 g/mol. The largest absolute Gasteiger partial charge is 0.478 e. The minimum atomic E-state index is -0.977. The molecule has 3 rings (SSSR count). The second-order valence-corrected chi connectivity index (χ2v) is 5.74. The molecule has 0 unspecified atom stereocenters. The fourth-order valence-corrected chi connectivity index (χ4v) is 3.30. The van der Waals surface area contributed by atoms with Crippen molar-refractivity contribution in [2.24, 2.45) is 0 Å². The smallest absolute Gasteiger partial charge is 0.339 e. The number of thiophene rings is 1. The third kappa shape index (κ3) is 2.31. The summed E-state index contributed by atoms with van der Waals surface area (Å²) in [5.41, 5.74) is 1.44. The monoisotopic (exact) mass is 294 g/mol. The Balaban J connectivity index is 1.99. The van der Waals surface area contributed by atoms with Gasteiger partial charge >= 0.3 is 5.97 Å². The van der Waals surface area contributed by atoms with Crippen molar-refractivity contribution in [3.63, 3.8) is 0 Å². The van der Waals surface area contributed by atoms with Crippen molar-refractivity contribution in [3.05, 3.63) is 44.7 Å². The Kier molecular flexibility index (Phi) is 3.16. The van der Waals surface area contributed by atoms with E-state index < -0.39 is 5.97 Å². The van der Waals surface area contributed by atoms with Crippen molar-refractivity contribution < 1.29 is 9.90 Å². The van der Waals surface area contributed by atoms with Gasteiger partial charge in [-0.1, -0.05) is 11.6 Å². The van der Waals surface area contributed by atoms with Crippen LogP contribution in [-0.4, -0.2) is 22.6 Å². The van der Waals surface area contributed by atoms with E-state index in [9.17, 15) is 9.90 Å². The Morgan fingerprint density at radius 1 is 1.42 bits per heavy atom. The molecule has 0 bridgehead atoms. The molecule has 4 nitrogen and oxygen atoms in total. The van der Waals surface area contributed by atoms with Gasteiger partial charge in [-0.3, -0.25) is 0 Å². The van der Waals surface area contributed by atoms with Crippen LogP contribution < -0.4 is 4.90 Å². The fraction of sp³-hybridized carbons (Fsp3) is 0.231. The summed E-state index contributed by atoms with van der Waals surface area (Å²) in [6, 6.07) is 5.10. The molecule has 3 heterocycles. The highest BCUT2D eigenvalue weighted by molar-refractivity contribution is 7.10. The SMILES string of the molecule is O=C(O)c1ccc(Cl)nc1N1CCc2sccc2C1. The maximum atomic E-state index is 11.3. The molecule has 0 amide bonds. The van der Waals surface area contributed by atoms with Gasteiger partial charge in [-0.2, -0.15) is 0 Å². The summed E-state index contributed by atoms with van der Waals surface area (Å²) >= 11 is 7.64. The quantitative estimate of drug-likeness (QED) is 0.865. The van der Waals surface area contributed by atoms with E-state index in [0.29, 0.717) is 17.5 Å².